The summed E-state index contributed by atoms with van der Waals surface area (Å²) in [6, 6.07) is 27.2. The van der Waals surface area contributed by atoms with Crippen LogP contribution in [-0.4, -0.2) is 11.5 Å². The third-order valence-electron chi connectivity index (χ3n) is 5.30. The minimum absolute atomic E-state index is 0.150. The summed E-state index contributed by atoms with van der Waals surface area (Å²) in [6.07, 6.45) is 0. The highest BCUT2D eigenvalue weighted by molar-refractivity contribution is 7.19. The van der Waals surface area contributed by atoms with Gasteiger partial charge in [0.2, 0.25) is 0 Å². The number of hydrogen-bond acceptors (Lipinski definition) is 3. The van der Waals surface area contributed by atoms with Crippen molar-refractivity contribution in [2.45, 2.75) is 12.3 Å². The van der Waals surface area contributed by atoms with Crippen LogP contribution < -0.4 is 4.90 Å². The van der Waals surface area contributed by atoms with E-state index in [0.29, 0.717) is 0 Å². The number of rotatable bonds is 2. The van der Waals surface area contributed by atoms with Gasteiger partial charge in [0.05, 0.1) is 15.6 Å². The van der Waals surface area contributed by atoms with Gasteiger partial charge in [0, 0.05) is 17.9 Å². The van der Waals surface area contributed by atoms with Crippen LogP contribution in [0.3, 0.4) is 0 Å². The minimum Gasteiger partial charge on any atom is -0.337 e. The van der Waals surface area contributed by atoms with Crippen LogP contribution in [-0.2, 0) is 0 Å². The van der Waals surface area contributed by atoms with Gasteiger partial charge in [0.15, 0.2) is 0 Å². The summed E-state index contributed by atoms with van der Waals surface area (Å²) in [7, 11) is 0. The van der Waals surface area contributed by atoms with Crippen molar-refractivity contribution in [3.05, 3.63) is 95.0 Å². The molecule has 0 bridgehead atoms. The fourth-order valence-electron chi connectivity index (χ4n) is 3.79. The molecule has 5 rings (SSSR count). The topological polar surface area (TPSA) is 16.1 Å². The third-order valence-corrected chi connectivity index (χ3v) is 6.95. The van der Waals surface area contributed by atoms with E-state index < -0.39 is 0 Å². The Labute approximate surface area is 173 Å². The molecule has 28 heavy (non-hydrogen) atoms. The molecule has 1 aromatic heterocycles. The Morgan fingerprint density at radius 2 is 1.68 bits per heavy atom. The average Bonchev–Trinajstić information content (AvgIpc) is 3.19. The predicted molar refractivity (Wildman–Crippen MR) is 121 cm³/mol. The Kier molecular flexibility index (Phi) is 4.42. The van der Waals surface area contributed by atoms with Crippen LogP contribution in [0.5, 0.6) is 0 Å². The Hall–Kier alpha value is -2.62. The molecule has 4 heteroatoms. The number of hydrogen-bond donors (Lipinski definition) is 0. The first-order valence-corrected chi connectivity index (χ1v) is 10.6. The maximum atomic E-state index is 7.00. The second-order valence-electron chi connectivity index (χ2n) is 6.98. The van der Waals surface area contributed by atoms with E-state index in [0.717, 1.165) is 22.6 Å². The fourth-order valence-corrected chi connectivity index (χ4v) is 5.21. The molecule has 3 aromatic carbocycles. The maximum absolute atomic E-state index is 7.00. The van der Waals surface area contributed by atoms with Crippen LogP contribution in [0, 0.1) is 0 Å². The molecule has 0 aliphatic carbocycles. The van der Waals surface area contributed by atoms with Crippen molar-refractivity contribution in [1.29, 1.82) is 0 Å². The van der Waals surface area contributed by atoms with Gasteiger partial charge in [-0.15, -0.1) is 22.9 Å². The van der Waals surface area contributed by atoms with Crippen molar-refractivity contribution in [3.8, 4) is 0 Å². The number of halogens is 1. The van der Waals surface area contributed by atoms with E-state index in [1.807, 2.05) is 12.1 Å². The van der Waals surface area contributed by atoms with Gasteiger partial charge in [-0.3, -0.25) is 0 Å². The molecule has 4 aromatic rings. The number of benzene rings is 3. The summed E-state index contributed by atoms with van der Waals surface area (Å²) in [5.74, 6) is 0. The van der Waals surface area contributed by atoms with Gasteiger partial charge in [-0.25, -0.2) is 4.98 Å². The van der Waals surface area contributed by atoms with Crippen molar-refractivity contribution < 1.29 is 0 Å². The predicted octanol–water partition coefficient (Wildman–Crippen LogP) is 7.20. The first-order chi connectivity index (χ1) is 13.7. The van der Waals surface area contributed by atoms with Gasteiger partial charge in [-0.05, 0) is 54.0 Å². The van der Waals surface area contributed by atoms with E-state index in [4.69, 9.17) is 16.6 Å². The van der Waals surface area contributed by atoms with E-state index in [1.165, 1.54) is 27.2 Å². The molecule has 1 unspecified atom stereocenters. The maximum Gasteiger partial charge on any atom is 0.120 e. The second-order valence-corrected chi connectivity index (χ2v) is 8.45. The van der Waals surface area contributed by atoms with Crippen molar-refractivity contribution in [1.82, 2.24) is 4.98 Å². The first kappa shape index (κ1) is 17.5. The van der Waals surface area contributed by atoms with E-state index in [1.54, 1.807) is 11.3 Å². The van der Waals surface area contributed by atoms with Crippen LogP contribution in [0.15, 0.2) is 84.4 Å². The zero-order valence-corrected chi connectivity index (χ0v) is 17.0. The van der Waals surface area contributed by atoms with Gasteiger partial charge in [-0.2, -0.15) is 0 Å². The number of anilines is 2. The van der Waals surface area contributed by atoms with Crippen molar-refractivity contribution >= 4 is 50.1 Å². The molecule has 0 saturated carbocycles. The third kappa shape index (κ3) is 2.92. The molecule has 0 saturated heterocycles. The standard InChI is InChI=1S/C24H19ClN2S/c1-16(24-26-20-12-6-8-14-22(20)28-24)19-15-27(17-9-3-2-4-10-17)21-13-7-5-11-18(21)23(19)25/h2-14,23H,15H2,1H3. The number of alkyl halides is 1. The van der Waals surface area contributed by atoms with Crippen LogP contribution in [0.1, 0.15) is 22.9 Å². The van der Waals surface area contributed by atoms with Crippen LogP contribution in [0.25, 0.3) is 15.8 Å². The largest absolute Gasteiger partial charge is 0.337 e. The second kappa shape index (κ2) is 7.08. The summed E-state index contributed by atoms with van der Waals surface area (Å²) in [5.41, 5.74) is 6.93. The lowest BCUT2D eigenvalue weighted by molar-refractivity contribution is 0.906. The average molecular weight is 403 g/mol. The van der Waals surface area contributed by atoms with Gasteiger partial charge >= 0.3 is 0 Å². The van der Waals surface area contributed by atoms with Crippen molar-refractivity contribution in [3.63, 3.8) is 0 Å². The van der Waals surface area contributed by atoms with Gasteiger partial charge < -0.3 is 4.90 Å². The van der Waals surface area contributed by atoms with Crippen LogP contribution >= 0.6 is 22.9 Å². The summed E-state index contributed by atoms with van der Waals surface area (Å²) in [4.78, 5) is 7.21. The number of para-hydroxylation sites is 3. The normalized spacial score (nSPS) is 18.2. The molecular weight excluding hydrogens is 384 g/mol. The number of allylic oxidation sites excluding steroid dienone is 1. The molecule has 2 heterocycles. The number of thiazole rings is 1. The van der Waals surface area contributed by atoms with Gasteiger partial charge in [0.1, 0.15) is 5.01 Å². The van der Waals surface area contributed by atoms with Crippen LogP contribution in [0.2, 0.25) is 0 Å². The van der Waals surface area contributed by atoms with Crippen molar-refractivity contribution in [2.24, 2.45) is 0 Å². The van der Waals surface area contributed by atoms with E-state index in [9.17, 15) is 0 Å². The van der Waals surface area contributed by atoms with Crippen molar-refractivity contribution in [2.75, 3.05) is 11.4 Å². The number of aromatic nitrogens is 1. The number of nitrogens with zero attached hydrogens (tertiary/aromatic N) is 2. The molecule has 0 fully saturated rings. The van der Waals surface area contributed by atoms with E-state index in [-0.39, 0.29) is 5.38 Å². The van der Waals surface area contributed by atoms with Gasteiger partial charge in [0.25, 0.3) is 0 Å². The van der Waals surface area contributed by atoms with E-state index in [2.05, 4.69) is 78.6 Å². The highest BCUT2D eigenvalue weighted by Crippen LogP contribution is 2.46. The fraction of sp³-hybridized carbons (Fsp3) is 0.125. The molecule has 0 N–H and O–H groups in total. The molecule has 1 aliphatic heterocycles. The summed E-state index contributed by atoms with van der Waals surface area (Å²) >= 11 is 8.74. The number of fused-ring (bicyclic) bond motifs is 2. The molecule has 2 nitrogen and oxygen atoms in total. The zero-order chi connectivity index (χ0) is 19.1. The van der Waals surface area contributed by atoms with Crippen LogP contribution in [0.4, 0.5) is 11.4 Å². The first-order valence-electron chi connectivity index (χ1n) is 9.33. The smallest absolute Gasteiger partial charge is 0.120 e. The lowest BCUT2D eigenvalue weighted by Gasteiger charge is -2.36. The molecule has 0 radical (unpaired) electrons. The lowest BCUT2D eigenvalue weighted by Crippen LogP contribution is -2.28. The highest BCUT2D eigenvalue weighted by Gasteiger charge is 2.30. The summed E-state index contributed by atoms with van der Waals surface area (Å²) in [5, 5.41) is 0.900. The Morgan fingerprint density at radius 3 is 2.50 bits per heavy atom. The Morgan fingerprint density at radius 1 is 0.964 bits per heavy atom. The summed E-state index contributed by atoms with van der Waals surface area (Å²) < 4.78 is 1.21. The SMILES string of the molecule is CC(=C1CN(c2ccccc2)c2ccccc2C1Cl)c1nc2ccccc2s1. The minimum atomic E-state index is -0.150. The zero-order valence-electron chi connectivity index (χ0n) is 15.5. The Balaban J connectivity index is 1.66. The molecular formula is C24H19ClN2S. The van der Waals surface area contributed by atoms with Gasteiger partial charge in [-0.1, -0.05) is 48.5 Å². The molecule has 1 aliphatic rings. The molecule has 0 spiro atoms. The highest BCUT2D eigenvalue weighted by atomic mass is 35.5. The molecule has 0 amide bonds. The Bertz CT molecular complexity index is 1150. The lowest BCUT2D eigenvalue weighted by atomic mass is 9.93. The molecule has 1 atom stereocenters. The summed E-state index contributed by atoms with van der Waals surface area (Å²) in [6.45, 7) is 2.91. The monoisotopic (exact) mass is 402 g/mol. The molecule has 138 valence electrons. The van der Waals surface area contributed by atoms with E-state index >= 15 is 0 Å². The quantitative estimate of drug-likeness (QED) is 0.329.